The van der Waals surface area contributed by atoms with Crippen molar-refractivity contribution in [3.63, 3.8) is 0 Å². The molecule has 1 aliphatic rings. The average molecular weight is 223 g/mol. The molecule has 0 unspecified atom stereocenters. The van der Waals surface area contributed by atoms with Crippen LogP contribution in [0.2, 0.25) is 0 Å². The van der Waals surface area contributed by atoms with E-state index in [1.807, 2.05) is 24.3 Å². The molecule has 1 aromatic carbocycles. The van der Waals surface area contributed by atoms with Crippen LogP contribution in [0.5, 0.6) is 0 Å². The van der Waals surface area contributed by atoms with Crippen LogP contribution in [0, 0.1) is 0 Å². The number of hydrogen-bond donors (Lipinski definition) is 2. The van der Waals surface area contributed by atoms with E-state index in [4.69, 9.17) is 5.11 Å². The number of nitrogens with one attached hydrogen (secondary N) is 1. The normalized spacial score (nSPS) is 15.2. The van der Waals surface area contributed by atoms with Crippen LogP contribution in [0.25, 0.3) is 0 Å². The van der Waals surface area contributed by atoms with E-state index in [-0.39, 0.29) is 6.42 Å². The lowest BCUT2D eigenvalue weighted by atomic mass is 10.2. The van der Waals surface area contributed by atoms with Crippen LogP contribution in [-0.4, -0.2) is 17.1 Å². The van der Waals surface area contributed by atoms with Gasteiger partial charge in [0.15, 0.2) is 0 Å². The molecule has 1 saturated carbocycles. The third-order valence-electron chi connectivity index (χ3n) is 2.20. The van der Waals surface area contributed by atoms with Gasteiger partial charge in [0.2, 0.25) is 0 Å². The molecule has 0 aliphatic heterocycles. The Kier molecular flexibility index (Phi) is 3.28. The molecule has 1 aromatic rings. The van der Waals surface area contributed by atoms with Crippen LogP contribution in [0.1, 0.15) is 18.4 Å². The quantitative estimate of drug-likeness (QED) is 0.750. The van der Waals surface area contributed by atoms with Crippen molar-refractivity contribution in [1.29, 1.82) is 0 Å². The molecule has 0 bridgehead atoms. The number of carboxylic acid groups (broad SMARTS) is 1. The van der Waals surface area contributed by atoms with Gasteiger partial charge >= 0.3 is 5.97 Å². The van der Waals surface area contributed by atoms with E-state index in [1.165, 1.54) is 12.8 Å². The van der Waals surface area contributed by atoms with Crippen molar-refractivity contribution >= 4 is 17.9 Å². The van der Waals surface area contributed by atoms with Crippen molar-refractivity contribution in [2.45, 2.75) is 30.2 Å². The Balaban J connectivity index is 1.87. The zero-order valence-corrected chi connectivity index (χ0v) is 9.09. The van der Waals surface area contributed by atoms with Gasteiger partial charge in [-0.05, 0) is 42.5 Å². The molecule has 0 radical (unpaired) electrons. The Morgan fingerprint density at radius 2 is 2.07 bits per heavy atom. The summed E-state index contributed by atoms with van der Waals surface area (Å²) in [6.45, 7) is 0. The lowest BCUT2D eigenvalue weighted by molar-refractivity contribution is -0.136. The summed E-state index contributed by atoms with van der Waals surface area (Å²) < 4.78 is 3.33. The van der Waals surface area contributed by atoms with Gasteiger partial charge in [-0.1, -0.05) is 12.1 Å². The first-order valence-corrected chi connectivity index (χ1v) is 5.79. The number of hydrogen-bond acceptors (Lipinski definition) is 3. The minimum absolute atomic E-state index is 0.0982. The van der Waals surface area contributed by atoms with E-state index in [1.54, 1.807) is 11.9 Å². The molecule has 0 amide bonds. The zero-order valence-electron chi connectivity index (χ0n) is 8.27. The molecule has 0 saturated heterocycles. The van der Waals surface area contributed by atoms with Crippen LogP contribution in [-0.2, 0) is 11.2 Å². The summed E-state index contributed by atoms with van der Waals surface area (Å²) in [5.74, 6) is -0.786. The standard InChI is InChI=1S/C11H13NO2S/c13-11(14)7-8-1-5-10(6-2-8)15-12-9-3-4-9/h1-2,5-6,9,12H,3-4,7H2,(H,13,14). The first kappa shape index (κ1) is 10.5. The van der Waals surface area contributed by atoms with Crippen molar-refractivity contribution in [3.05, 3.63) is 29.8 Å². The molecular formula is C11H13NO2S. The highest BCUT2D eigenvalue weighted by Gasteiger charge is 2.20. The number of rotatable bonds is 5. The van der Waals surface area contributed by atoms with Gasteiger partial charge < -0.3 is 5.11 Å². The monoisotopic (exact) mass is 223 g/mol. The number of benzene rings is 1. The minimum atomic E-state index is -0.786. The van der Waals surface area contributed by atoms with Crippen molar-refractivity contribution in [3.8, 4) is 0 Å². The molecule has 4 heteroatoms. The Morgan fingerprint density at radius 1 is 1.40 bits per heavy atom. The maximum atomic E-state index is 10.5. The number of aliphatic carboxylic acids is 1. The predicted octanol–water partition coefficient (Wildman–Crippen LogP) is 2.07. The van der Waals surface area contributed by atoms with Gasteiger partial charge in [-0.2, -0.15) is 0 Å². The second-order valence-corrected chi connectivity index (χ2v) is 4.62. The summed E-state index contributed by atoms with van der Waals surface area (Å²) in [6, 6.07) is 8.32. The molecule has 1 fully saturated rings. The highest BCUT2D eigenvalue weighted by molar-refractivity contribution is 7.97. The van der Waals surface area contributed by atoms with E-state index in [9.17, 15) is 4.79 Å². The largest absolute Gasteiger partial charge is 0.481 e. The van der Waals surface area contributed by atoms with E-state index in [2.05, 4.69) is 4.72 Å². The molecule has 0 aromatic heterocycles. The van der Waals surface area contributed by atoms with Crippen LogP contribution < -0.4 is 4.72 Å². The zero-order chi connectivity index (χ0) is 10.7. The maximum absolute atomic E-state index is 10.5. The summed E-state index contributed by atoms with van der Waals surface area (Å²) in [4.78, 5) is 11.6. The van der Waals surface area contributed by atoms with Crippen molar-refractivity contribution in [2.75, 3.05) is 0 Å². The lowest BCUT2D eigenvalue weighted by Crippen LogP contribution is -2.04. The molecule has 3 nitrogen and oxygen atoms in total. The maximum Gasteiger partial charge on any atom is 0.307 e. The molecular weight excluding hydrogens is 210 g/mol. The highest BCUT2D eigenvalue weighted by atomic mass is 32.2. The Morgan fingerprint density at radius 3 is 2.60 bits per heavy atom. The number of carbonyl (C=O) groups is 1. The smallest absolute Gasteiger partial charge is 0.307 e. The van der Waals surface area contributed by atoms with Crippen LogP contribution in [0.4, 0.5) is 0 Å². The Labute approximate surface area is 93.0 Å². The van der Waals surface area contributed by atoms with Crippen LogP contribution in [0.15, 0.2) is 29.2 Å². The molecule has 1 aliphatic carbocycles. The van der Waals surface area contributed by atoms with Crippen molar-refractivity contribution in [1.82, 2.24) is 4.72 Å². The first-order chi connectivity index (χ1) is 7.24. The van der Waals surface area contributed by atoms with Gasteiger partial charge in [0.05, 0.1) is 6.42 Å². The molecule has 0 atom stereocenters. The summed E-state index contributed by atoms with van der Waals surface area (Å²) in [5.41, 5.74) is 0.846. The lowest BCUT2D eigenvalue weighted by Gasteiger charge is -2.02. The molecule has 0 heterocycles. The van der Waals surface area contributed by atoms with Crippen LogP contribution >= 0.6 is 11.9 Å². The second kappa shape index (κ2) is 4.68. The fourth-order valence-corrected chi connectivity index (χ4v) is 2.01. The van der Waals surface area contributed by atoms with Gasteiger partial charge in [-0.25, -0.2) is 0 Å². The Bertz CT molecular complexity index is 346. The average Bonchev–Trinajstić information content (AvgIpc) is 2.99. The minimum Gasteiger partial charge on any atom is -0.481 e. The van der Waals surface area contributed by atoms with Gasteiger partial charge in [-0.15, -0.1) is 0 Å². The topological polar surface area (TPSA) is 49.3 Å². The predicted molar refractivity (Wildman–Crippen MR) is 59.8 cm³/mol. The van der Waals surface area contributed by atoms with Gasteiger partial charge in [0, 0.05) is 10.9 Å². The summed E-state index contributed by atoms with van der Waals surface area (Å²) >= 11 is 1.62. The SMILES string of the molecule is O=C(O)Cc1ccc(SNC2CC2)cc1. The fourth-order valence-electron chi connectivity index (χ4n) is 1.20. The molecule has 80 valence electrons. The van der Waals surface area contributed by atoms with Gasteiger partial charge in [-0.3, -0.25) is 9.52 Å². The third-order valence-corrected chi connectivity index (χ3v) is 3.16. The van der Waals surface area contributed by atoms with Gasteiger partial charge in [0.1, 0.15) is 0 Å². The first-order valence-electron chi connectivity index (χ1n) is 4.97. The van der Waals surface area contributed by atoms with E-state index < -0.39 is 5.97 Å². The van der Waals surface area contributed by atoms with E-state index in [0.717, 1.165) is 10.5 Å². The van der Waals surface area contributed by atoms with Crippen LogP contribution in [0.3, 0.4) is 0 Å². The van der Waals surface area contributed by atoms with E-state index >= 15 is 0 Å². The molecule has 0 spiro atoms. The van der Waals surface area contributed by atoms with E-state index in [0.29, 0.717) is 6.04 Å². The molecule has 2 rings (SSSR count). The van der Waals surface area contributed by atoms with Gasteiger partial charge in [0.25, 0.3) is 0 Å². The van der Waals surface area contributed by atoms with Crippen molar-refractivity contribution < 1.29 is 9.90 Å². The summed E-state index contributed by atoms with van der Waals surface area (Å²) in [7, 11) is 0. The Hall–Kier alpha value is -1.00. The second-order valence-electron chi connectivity index (χ2n) is 3.71. The summed E-state index contributed by atoms with van der Waals surface area (Å²) in [6.07, 6.45) is 2.63. The summed E-state index contributed by atoms with van der Waals surface area (Å²) in [5, 5.41) is 8.60. The fraction of sp³-hybridized carbons (Fsp3) is 0.364. The molecule has 2 N–H and O–H groups in total. The molecule has 15 heavy (non-hydrogen) atoms. The number of carboxylic acids is 1. The van der Waals surface area contributed by atoms with Crippen molar-refractivity contribution in [2.24, 2.45) is 0 Å². The third kappa shape index (κ3) is 3.57. The highest BCUT2D eigenvalue weighted by Crippen LogP contribution is 2.25.